The third-order valence-electron chi connectivity index (χ3n) is 3.29. The molecule has 2 rings (SSSR count). The van der Waals surface area contributed by atoms with Crippen LogP contribution in [0.5, 0.6) is 5.88 Å². The Labute approximate surface area is 118 Å². The van der Waals surface area contributed by atoms with E-state index in [1.807, 2.05) is 0 Å². The van der Waals surface area contributed by atoms with E-state index in [9.17, 15) is 4.39 Å². The van der Waals surface area contributed by atoms with Crippen LogP contribution >= 0.6 is 0 Å². The van der Waals surface area contributed by atoms with Crippen LogP contribution in [0.25, 0.3) is 0 Å². The van der Waals surface area contributed by atoms with E-state index >= 15 is 0 Å². The van der Waals surface area contributed by atoms with Crippen molar-refractivity contribution in [2.24, 2.45) is 10.7 Å². The van der Waals surface area contributed by atoms with Crippen LogP contribution in [0.1, 0.15) is 32.1 Å². The zero-order valence-electron chi connectivity index (χ0n) is 11.5. The Morgan fingerprint density at radius 3 is 3.00 bits per heavy atom. The Morgan fingerprint density at radius 2 is 2.25 bits per heavy atom. The lowest BCUT2D eigenvalue weighted by Crippen LogP contribution is -2.41. The molecule has 0 bridgehead atoms. The highest BCUT2D eigenvalue weighted by molar-refractivity contribution is 5.78. The van der Waals surface area contributed by atoms with Gasteiger partial charge in [0.1, 0.15) is 6.61 Å². The van der Waals surface area contributed by atoms with Gasteiger partial charge in [-0.15, -0.1) is 0 Å². The first kappa shape index (κ1) is 14.6. The van der Waals surface area contributed by atoms with Gasteiger partial charge in [-0.05, 0) is 25.0 Å². The second-order valence-corrected chi connectivity index (χ2v) is 4.89. The molecule has 20 heavy (non-hydrogen) atoms. The van der Waals surface area contributed by atoms with Crippen LogP contribution in [-0.2, 0) is 0 Å². The molecule has 1 aliphatic carbocycles. The number of nitrogens with one attached hydrogen (secondary N) is 1. The largest absolute Gasteiger partial charge is 0.474 e. The van der Waals surface area contributed by atoms with Gasteiger partial charge in [-0.3, -0.25) is 0 Å². The Morgan fingerprint density at radius 1 is 1.45 bits per heavy atom. The zero-order valence-corrected chi connectivity index (χ0v) is 11.5. The average molecular weight is 280 g/mol. The molecule has 0 radical (unpaired) electrons. The lowest BCUT2D eigenvalue weighted by atomic mass is 9.96. The van der Waals surface area contributed by atoms with Crippen LogP contribution in [-0.4, -0.2) is 30.1 Å². The van der Waals surface area contributed by atoms with Crippen LogP contribution < -0.4 is 15.8 Å². The van der Waals surface area contributed by atoms with Crippen LogP contribution in [0.4, 0.5) is 4.39 Å². The highest BCUT2D eigenvalue weighted by Gasteiger charge is 2.13. The maximum absolute atomic E-state index is 13.2. The van der Waals surface area contributed by atoms with E-state index in [2.05, 4.69) is 15.3 Å². The first-order valence-corrected chi connectivity index (χ1v) is 7.05. The van der Waals surface area contributed by atoms with E-state index in [1.54, 1.807) is 0 Å². The van der Waals surface area contributed by atoms with Crippen molar-refractivity contribution in [2.75, 3.05) is 13.2 Å². The van der Waals surface area contributed by atoms with Crippen molar-refractivity contribution in [2.45, 2.75) is 38.1 Å². The Balaban J connectivity index is 1.68. The molecule has 1 heterocycles. The van der Waals surface area contributed by atoms with E-state index in [0.29, 0.717) is 18.5 Å². The lowest BCUT2D eigenvalue weighted by Gasteiger charge is -2.23. The number of nitrogens with two attached hydrogens (primary N) is 1. The maximum Gasteiger partial charge on any atom is 0.250 e. The first-order valence-electron chi connectivity index (χ1n) is 7.05. The molecule has 6 heteroatoms. The van der Waals surface area contributed by atoms with Gasteiger partial charge in [0, 0.05) is 12.2 Å². The van der Waals surface area contributed by atoms with Gasteiger partial charge in [-0.25, -0.2) is 14.4 Å². The van der Waals surface area contributed by atoms with Crippen molar-refractivity contribution in [3.8, 4) is 5.88 Å². The van der Waals surface area contributed by atoms with Crippen LogP contribution in [0, 0.1) is 5.82 Å². The fourth-order valence-corrected chi connectivity index (χ4v) is 2.29. The molecule has 0 aromatic carbocycles. The Kier molecular flexibility index (Phi) is 5.58. The smallest absolute Gasteiger partial charge is 0.250 e. The normalized spacial score (nSPS) is 16.9. The molecule has 0 spiro atoms. The maximum atomic E-state index is 13.2. The van der Waals surface area contributed by atoms with Gasteiger partial charge >= 0.3 is 0 Å². The van der Waals surface area contributed by atoms with Gasteiger partial charge in [-0.2, -0.15) is 0 Å². The molecule has 5 nitrogen and oxygen atoms in total. The topological polar surface area (TPSA) is 72.5 Å². The fourth-order valence-electron chi connectivity index (χ4n) is 2.29. The number of pyridine rings is 1. The first-order chi connectivity index (χ1) is 9.75. The van der Waals surface area contributed by atoms with Crippen molar-refractivity contribution in [1.82, 2.24) is 10.3 Å². The van der Waals surface area contributed by atoms with Gasteiger partial charge in [0.25, 0.3) is 0 Å². The van der Waals surface area contributed by atoms with Crippen LogP contribution in [0.3, 0.4) is 0 Å². The van der Waals surface area contributed by atoms with Crippen LogP contribution in [0.15, 0.2) is 23.3 Å². The zero-order chi connectivity index (χ0) is 14.2. The lowest BCUT2D eigenvalue weighted by molar-refractivity contribution is 0.297. The Bertz CT molecular complexity index is 447. The van der Waals surface area contributed by atoms with Crippen molar-refractivity contribution in [3.05, 3.63) is 24.1 Å². The molecule has 0 aliphatic heterocycles. The monoisotopic (exact) mass is 280 g/mol. The van der Waals surface area contributed by atoms with Crippen molar-refractivity contribution >= 4 is 5.96 Å². The van der Waals surface area contributed by atoms with E-state index < -0.39 is 5.82 Å². The summed E-state index contributed by atoms with van der Waals surface area (Å²) in [4.78, 5) is 7.97. The standard InChI is InChI=1S/C14H21FN4O/c15-12-7-4-8-17-13(12)20-10-9-18-14(16)19-11-5-2-1-3-6-11/h4,7-8,11H,1-3,5-6,9-10H2,(H3,16,18,19). The molecule has 0 saturated heterocycles. The number of guanidine groups is 1. The molecule has 110 valence electrons. The fraction of sp³-hybridized carbons (Fsp3) is 0.571. The molecule has 0 unspecified atom stereocenters. The third kappa shape index (κ3) is 4.68. The highest BCUT2D eigenvalue weighted by atomic mass is 19.1. The number of rotatable bonds is 5. The summed E-state index contributed by atoms with van der Waals surface area (Å²) < 4.78 is 18.4. The van der Waals surface area contributed by atoms with Crippen molar-refractivity contribution < 1.29 is 9.13 Å². The third-order valence-corrected chi connectivity index (χ3v) is 3.29. The molecule has 0 atom stereocenters. The van der Waals surface area contributed by atoms with Crippen LogP contribution in [0.2, 0.25) is 0 Å². The van der Waals surface area contributed by atoms with Gasteiger partial charge in [0.2, 0.25) is 5.88 Å². The number of nitrogens with zero attached hydrogens (tertiary/aromatic N) is 2. The number of hydrogen-bond donors (Lipinski definition) is 2. The minimum atomic E-state index is -0.468. The quantitative estimate of drug-likeness (QED) is 0.490. The molecule has 1 aromatic rings. The number of halogens is 1. The van der Waals surface area contributed by atoms with Crippen molar-refractivity contribution in [1.29, 1.82) is 0 Å². The second-order valence-electron chi connectivity index (χ2n) is 4.89. The average Bonchev–Trinajstić information content (AvgIpc) is 2.46. The van der Waals surface area contributed by atoms with Gasteiger partial charge in [0.15, 0.2) is 11.8 Å². The summed E-state index contributed by atoms with van der Waals surface area (Å²) >= 11 is 0. The number of hydrogen-bond acceptors (Lipinski definition) is 3. The summed E-state index contributed by atoms with van der Waals surface area (Å²) in [6, 6.07) is 3.26. The molecule has 1 aromatic heterocycles. The number of aliphatic imine (C=N–C) groups is 1. The van der Waals surface area contributed by atoms with Gasteiger partial charge < -0.3 is 15.8 Å². The molecular weight excluding hydrogens is 259 g/mol. The van der Waals surface area contributed by atoms with Crippen molar-refractivity contribution in [3.63, 3.8) is 0 Å². The summed E-state index contributed by atoms with van der Waals surface area (Å²) in [5.41, 5.74) is 5.81. The summed E-state index contributed by atoms with van der Waals surface area (Å²) in [6.07, 6.45) is 7.57. The molecule has 1 saturated carbocycles. The van der Waals surface area contributed by atoms with E-state index in [1.165, 1.54) is 37.6 Å². The molecular formula is C14H21FN4O. The summed E-state index contributed by atoms with van der Waals surface area (Å²) in [5.74, 6) is -0.0340. The van der Waals surface area contributed by atoms with Gasteiger partial charge in [-0.1, -0.05) is 19.3 Å². The minimum Gasteiger partial charge on any atom is -0.474 e. The highest BCUT2D eigenvalue weighted by Crippen LogP contribution is 2.17. The predicted molar refractivity (Wildman–Crippen MR) is 76.2 cm³/mol. The molecule has 0 amide bonds. The summed E-state index contributed by atoms with van der Waals surface area (Å²) in [6.45, 7) is 0.628. The number of aromatic nitrogens is 1. The van der Waals surface area contributed by atoms with E-state index in [-0.39, 0.29) is 12.5 Å². The van der Waals surface area contributed by atoms with E-state index in [0.717, 1.165) is 12.8 Å². The second kappa shape index (κ2) is 7.67. The molecule has 1 aliphatic rings. The van der Waals surface area contributed by atoms with Gasteiger partial charge in [0.05, 0.1) is 6.54 Å². The Hall–Kier alpha value is -1.85. The predicted octanol–water partition coefficient (Wildman–Crippen LogP) is 1.84. The minimum absolute atomic E-state index is 0.00140. The summed E-state index contributed by atoms with van der Waals surface area (Å²) in [7, 11) is 0. The SMILES string of the molecule is NC(=NCCOc1ncccc1F)NC1CCCCC1. The molecule has 1 fully saturated rings. The van der Waals surface area contributed by atoms with E-state index in [4.69, 9.17) is 10.5 Å². The summed E-state index contributed by atoms with van der Waals surface area (Å²) in [5, 5.41) is 3.21. The molecule has 3 N–H and O–H groups in total. The number of ether oxygens (including phenoxy) is 1.